The molecule has 20 heavy (non-hydrogen) atoms. The summed E-state index contributed by atoms with van der Waals surface area (Å²) in [6.45, 7) is 6.87. The van der Waals surface area contributed by atoms with Crippen molar-refractivity contribution < 1.29 is 9.47 Å². The molecule has 0 unspecified atom stereocenters. The van der Waals surface area contributed by atoms with Gasteiger partial charge in [-0.1, -0.05) is 19.1 Å². The molecule has 1 aliphatic heterocycles. The zero-order chi connectivity index (χ0) is 14.2. The Labute approximate surface area is 119 Å². The second-order valence-electron chi connectivity index (χ2n) is 5.83. The number of hydrogen-bond acceptors (Lipinski definition) is 4. The molecule has 4 heteroatoms. The fourth-order valence-electron chi connectivity index (χ4n) is 2.55. The minimum Gasteiger partial charge on any atom is -0.494 e. The fourth-order valence-corrected chi connectivity index (χ4v) is 2.55. The first kappa shape index (κ1) is 13.2. The van der Waals surface area contributed by atoms with E-state index < -0.39 is 0 Å². The van der Waals surface area contributed by atoms with Gasteiger partial charge in [-0.15, -0.1) is 0 Å². The molecule has 3 rings (SSSR count). The number of para-hydroxylation sites is 1. The third-order valence-corrected chi connectivity index (χ3v) is 3.86. The molecule has 1 aromatic carbocycles. The molecule has 0 radical (unpaired) electrons. The van der Waals surface area contributed by atoms with E-state index in [0.717, 1.165) is 47.7 Å². The van der Waals surface area contributed by atoms with Crippen molar-refractivity contribution in [2.75, 3.05) is 32.2 Å². The molecule has 106 valence electrons. The first-order valence-electron chi connectivity index (χ1n) is 6.87. The molecule has 1 aliphatic rings. The predicted molar refractivity (Wildman–Crippen MR) is 80.4 cm³/mol. The van der Waals surface area contributed by atoms with Gasteiger partial charge in [0.25, 0.3) is 0 Å². The van der Waals surface area contributed by atoms with E-state index in [9.17, 15) is 0 Å². The number of ether oxygens (including phenoxy) is 2. The Morgan fingerprint density at radius 1 is 1.40 bits per heavy atom. The van der Waals surface area contributed by atoms with Gasteiger partial charge < -0.3 is 14.8 Å². The summed E-state index contributed by atoms with van der Waals surface area (Å²) in [5.41, 5.74) is 3.43. The highest BCUT2D eigenvalue weighted by Gasteiger charge is 2.33. The lowest BCUT2D eigenvalue weighted by molar-refractivity contribution is -0.0924. The minimum absolute atomic E-state index is 0.237. The van der Waals surface area contributed by atoms with Crippen LogP contribution in [0, 0.1) is 12.3 Å². The van der Waals surface area contributed by atoms with Crippen molar-refractivity contribution in [3.63, 3.8) is 0 Å². The fraction of sp³-hybridized carbons (Fsp3) is 0.438. The van der Waals surface area contributed by atoms with E-state index in [1.807, 2.05) is 18.3 Å². The topological polar surface area (TPSA) is 43.4 Å². The van der Waals surface area contributed by atoms with Crippen LogP contribution in [0.15, 0.2) is 24.4 Å². The van der Waals surface area contributed by atoms with Crippen LogP contribution < -0.4 is 10.1 Å². The SMILES string of the molecule is COc1cccc2c(NCC3(C)COC3)c(C)cnc12. The summed E-state index contributed by atoms with van der Waals surface area (Å²) in [7, 11) is 1.68. The Morgan fingerprint density at radius 3 is 2.85 bits per heavy atom. The van der Waals surface area contributed by atoms with E-state index in [-0.39, 0.29) is 5.41 Å². The van der Waals surface area contributed by atoms with Crippen molar-refractivity contribution in [1.29, 1.82) is 0 Å². The van der Waals surface area contributed by atoms with Crippen LogP contribution in [-0.4, -0.2) is 31.9 Å². The number of benzene rings is 1. The van der Waals surface area contributed by atoms with Crippen LogP contribution >= 0.6 is 0 Å². The Bertz CT molecular complexity index is 636. The van der Waals surface area contributed by atoms with Gasteiger partial charge in [0.05, 0.1) is 20.3 Å². The number of methoxy groups -OCH3 is 1. The monoisotopic (exact) mass is 272 g/mol. The lowest BCUT2D eigenvalue weighted by Crippen LogP contribution is -2.45. The maximum absolute atomic E-state index is 5.39. The molecule has 1 N–H and O–H groups in total. The number of aromatic nitrogens is 1. The molecule has 0 aliphatic carbocycles. The van der Waals surface area contributed by atoms with E-state index in [4.69, 9.17) is 9.47 Å². The number of anilines is 1. The summed E-state index contributed by atoms with van der Waals surface area (Å²) in [5.74, 6) is 0.809. The summed E-state index contributed by atoms with van der Waals surface area (Å²) >= 11 is 0. The number of hydrogen-bond donors (Lipinski definition) is 1. The van der Waals surface area contributed by atoms with E-state index in [0.29, 0.717) is 0 Å². The molecular formula is C16H20N2O2. The standard InChI is InChI=1S/C16H20N2O2/c1-11-7-17-15-12(5-4-6-13(15)19-3)14(11)18-8-16(2)9-20-10-16/h4-7H,8-10H2,1-3H3,(H,17,18). The van der Waals surface area contributed by atoms with Crippen LogP contribution in [0.2, 0.25) is 0 Å². The number of rotatable bonds is 4. The highest BCUT2D eigenvalue weighted by molar-refractivity contribution is 5.96. The third-order valence-electron chi connectivity index (χ3n) is 3.86. The molecule has 0 spiro atoms. The Hall–Kier alpha value is -1.81. The number of nitrogens with one attached hydrogen (secondary N) is 1. The number of aryl methyl sites for hydroxylation is 1. The van der Waals surface area contributed by atoms with Crippen LogP contribution in [0.25, 0.3) is 10.9 Å². The highest BCUT2D eigenvalue weighted by atomic mass is 16.5. The van der Waals surface area contributed by atoms with Crippen molar-refractivity contribution in [2.45, 2.75) is 13.8 Å². The molecule has 0 bridgehead atoms. The van der Waals surface area contributed by atoms with Crippen molar-refractivity contribution in [3.8, 4) is 5.75 Å². The second-order valence-corrected chi connectivity index (χ2v) is 5.83. The molecule has 2 heterocycles. The zero-order valence-corrected chi connectivity index (χ0v) is 12.2. The lowest BCUT2D eigenvalue weighted by Gasteiger charge is -2.38. The summed E-state index contributed by atoms with van der Waals surface area (Å²) in [5, 5.41) is 4.68. The van der Waals surface area contributed by atoms with Crippen LogP contribution in [0.4, 0.5) is 5.69 Å². The molecular weight excluding hydrogens is 252 g/mol. The largest absolute Gasteiger partial charge is 0.494 e. The first-order chi connectivity index (χ1) is 9.63. The predicted octanol–water partition coefficient (Wildman–Crippen LogP) is 3.00. The minimum atomic E-state index is 0.237. The number of pyridine rings is 1. The van der Waals surface area contributed by atoms with Gasteiger partial charge in [0.2, 0.25) is 0 Å². The van der Waals surface area contributed by atoms with Gasteiger partial charge in [-0.2, -0.15) is 0 Å². The van der Waals surface area contributed by atoms with E-state index in [2.05, 4.69) is 30.2 Å². The average molecular weight is 272 g/mol. The summed E-state index contributed by atoms with van der Waals surface area (Å²) in [4.78, 5) is 4.50. The summed E-state index contributed by atoms with van der Waals surface area (Å²) < 4.78 is 10.7. The van der Waals surface area contributed by atoms with E-state index in [1.165, 1.54) is 0 Å². The van der Waals surface area contributed by atoms with Gasteiger partial charge in [0.1, 0.15) is 11.3 Å². The lowest BCUT2D eigenvalue weighted by atomic mass is 9.88. The molecule has 1 fully saturated rings. The number of fused-ring (bicyclic) bond motifs is 1. The van der Waals surface area contributed by atoms with Crippen LogP contribution in [-0.2, 0) is 4.74 Å². The molecule has 0 amide bonds. The van der Waals surface area contributed by atoms with Crippen LogP contribution in [0.3, 0.4) is 0 Å². The molecule has 1 saturated heterocycles. The average Bonchev–Trinajstić information content (AvgIpc) is 2.43. The van der Waals surface area contributed by atoms with Gasteiger partial charge in [-0.25, -0.2) is 0 Å². The van der Waals surface area contributed by atoms with Crippen molar-refractivity contribution >= 4 is 16.6 Å². The smallest absolute Gasteiger partial charge is 0.145 e. The number of nitrogens with zero attached hydrogens (tertiary/aromatic N) is 1. The van der Waals surface area contributed by atoms with Crippen LogP contribution in [0.1, 0.15) is 12.5 Å². The maximum Gasteiger partial charge on any atom is 0.145 e. The molecule has 0 atom stereocenters. The first-order valence-corrected chi connectivity index (χ1v) is 6.87. The molecule has 4 nitrogen and oxygen atoms in total. The van der Waals surface area contributed by atoms with Crippen molar-refractivity contribution in [3.05, 3.63) is 30.0 Å². The second kappa shape index (κ2) is 4.94. The highest BCUT2D eigenvalue weighted by Crippen LogP contribution is 2.33. The Morgan fingerprint density at radius 2 is 2.20 bits per heavy atom. The van der Waals surface area contributed by atoms with Gasteiger partial charge >= 0.3 is 0 Å². The quantitative estimate of drug-likeness (QED) is 0.929. The van der Waals surface area contributed by atoms with Gasteiger partial charge in [0, 0.05) is 29.2 Å². The Balaban J connectivity index is 1.98. The van der Waals surface area contributed by atoms with Crippen LogP contribution in [0.5, 0.6) is 5.75 Å². The normalized spacial score (nSPS) is 16.8. The molecule has 2 aromatic rings. The van der Waals surface area contributed by atoms with Gasteiger partial charge in [-0.3, -0.25) is 4.98 Å². The van der Waals surface area contributed by atoms with E-state index in [1.54, 1.807) is 7.11 Å². The van der Waals surface area contributed by atoms with Crippen molar-refractivity contribution in [2.24, 2.45) is 5.41 Å². The maximum atomic E-state index is 5.39. The summed E-state index contributed by atoms with van der Waals surface area (Å²) in [6.07, 6.45) is 1.90. The van der Waals surface area contributed by atoms with Gasteiger partial charge in [-0.05, 0) is 18.6 Å². The van der Waals surface area contributed by atoms with Gasteiger partial charge in [0.15, 0.2) is 0 Å². The van der Waals surface area contributed by atoms with E-state index >= 15 is 0 Å². The third kappa shape index (κ3) is 2.20. The zero-order valence-electron chi connectivity index (χ0n) is 12.2. The summed E-state index contributed by atoms with van der Waals surface area (Å²) in [6, 6.07) is 6.02. The Kier molecular flexibility index (Phi) is 3.26. The molecule has 0 saturated carbocycles. The van der Waals surface area contributed by atoms with Crippen molar-refractivity contribution in [1.82, 2.24) is 4.98 Å². The molecule has 1 aromatic heterocycles.